The van der Waals surface area contributed by atoms with Gasteiger partial charge in [-0.1, -0.05) is 42.5 Å². The molecule has 0 atom stereocenters. The van der Waals surface area contributed by atoms with Crippen LogP contribution in [0.1, 0.15) is 16.7 Å². The molecule has 0 aromatic heterocycles. The summed E-state index contributed by atoms with van der Waals surface area (Å²) >= 11 is 0. The third kappa shape index (κ3) is 4.41. The summed E-state index contributed by atoms with van der Waals surface area (Å²) in [4.78, 5) is 26.8. The van der Waals surface area contributed by atoms with Crippen LogP contribution in [-0.2, 0) is 16.1 Å². The number of nitro benzene ring substituents is 1. The molecule has 1 aliphatic heterocycles. The van der Waals surface area contributed by atoms with Gasteiger partial charge in [0.1, 0.15) is 12.4 Å². The van der Waals surface area contributed by atoms with E-state index in [1.165, 1.54) is 12.1 Å². The number of aliphatic imine (C=N–C) groups is 1. The molecular formula is C23H16N2O5. The third-order valence-electron chi connectivity index (χ3n) is 4.35. The van der Waals surface area contributed by atoms with Gasteiger partial charge in [-0.2, -0.15) is 0 Å². The predicted octanol–water partition coefficient (Wildman–Crippen LogP) is 4.52. The topological polar surface area (TPSA) is 91.0 Å². The second-order valence-electron chi connectivity index (χ2n) is 6.49. The minimum Gasteiger partial charge on any atom is -0.489 e. The molecular weight excluding hydrogens is 384 g/mol. The Morgan fingerprint density at radius 2 is 1.77 bits per heavy atom. The van der Waals surface area contributed by atoms with E-state index in [2.05, 4.69) is 4.99 Å². The van der Waals surface area contributed by atoms with E-state index < -0.39 is 10.9 Å². The number of carbonyl (C=O) groups excluding carboxylic acids is 1. The predicted molar refractivity (Wildman–Crippen MR) is 111 cm³/mol. The Morgan fingerprint density at radius 1 is 1.00 bits per heavy atom. The van der Waals surface area contributed by atoms with Gasteiger partial charge in [0.25, 0.3) is 5.69 Å². The summed E-state index contributed by atoms with van der Waals surface area (Å²) in [7, 11) is 0. The molecule has 7 heteroatoms. The largest absolute Gasteiger partial charge is 0.489 e. The van der Waals surface area contributed by atoms with Crippen molar-refractivity contribution in [1.82, 2.24) is 0 Å². The van der Waals surface area contributed by atoms with Gasteiger partial charge in [0.2, 0.25) is 5.90 Å². The molecule has 0 spiro atoms. The summed E-state index contributed by atoms with van der Waals surface area (Å²) < 4.78 is 10.9. The number of cyclic esters (lactones) is 1. The van der Waals surface area contributed by atoms with Gasteiger partial charge in [0, 0.05) is 17.7 Å². The number of ether oxygens (including phenoxy) is 2. The van der Waals surface area contributed by atoms with Gasteiger partial charge in [0.05, 0.1) is 4.92 Å². The molecule has 148 valence electrons. The van der Waals surface area contributed by atoms with Crippen LogP contribution in [0.15, 0.2) is 89.6 Å². The Kier molecular flexibility index (Phi) is 5.34. The second-order valence-corrected chi connectivity index (χ2v) is 6.49. The fraction of sp³-hybridized carbons (Fsp3) is 0.0435. The van der Waals surface area contributed by atoms with Gasteiger partial charge in [0.15, 0.2) is 5.70 Å². The Labute approximate surface area is 172 Å². The van der Waals surface area contributed by atoms with Gasteiger partial charge < -0.3 is 9.47 Å². The lowest BCUT2D eigenvalue weighted by molar-refractivity contribution is -0.384. The second kappa shape index (κ2) is 8.40. The maximum Gasteiger partial charge on any atom is 0.363 e. The average Bonchev–Trinajstić information content (AvgIpc) is 3.14. The van der Waals surface area contributed by atoms with Gasteiger partial charge in [-0.15, -0.1) is 0 Å². The SMILES string of the molecule is O=C1OC(c2ccccc2)=N/C1=C/c1ccc(OCc2cccc([N+](=O)[O-])c2)cc1. The van der Waals surface area contributed by atoms with Crippen LogP contribution < -0.4 is 4.74 Å². The van der Waals surface area contributed by atoms with Crippen LogP contribution in [-0.4, -0.2) is 16.8 Å². The number of carbonyl (C=O) groups is 1. The van der Waals surface area contributed by atoms with E-state index in [9.17, 15) is 14.9 Å². The summed E-state index contributed by atoms with van der Waals surface area (Å²) in [5.74, 6) is 0.384. The summed E-state index contributed by atoms with van der Waals surface area (Å²) in [5.41, 5.74) is 2.45. The van der Waals surface area contributed by atoms with Crippen molar-refractivity contribution in [3.05, 3.63) is 111 Å². The number of non-ortho nitro benzene ring substituents is 1. The minimum atomic E-state index is -0.500. The lowest BCUT2D eigenvalue weighted by Crippen LogP contribution is -2.04. The number of hydrogen-bond acceptors (Lipinski definition) is 6. The molecule has 30 heavy (non-hydrogen) atoms. The Balaban J connectivity index is 1.43. The van der Waals surface area contributed by atoms with Crippen molar-refractivity contribution >= 4 is 23.6 Å². The molecule has 1 heterocycles. The average molecular weight is 400 g/mol. The molecule has 0 aliphatic carbocycles. The van der Waals surface area contributed by atoms with E-state index in [1.54, 1.807) is 42.5 Å². The van der Waals surface area contributed by atoms with Crippen LogP contribution in [0.2, 0.25) is 0 Å². The number of nitrogens with zero attached hydrogens (tertiary/aromatic N) is 2. The summed E-state index contributed by atoms with van der Waals surface area (Å²) in [6, 6.07) is 22.6. The van der Waals surface area contributed by atoms with E-state index in [-0.39, 0.29) is 23.9 Å². The van der Waals surface area contributed by atoms with E-state index in [0.717, 1.165) is 11.1 Å². The Hall–Kier alpha value is -4.26. The number of nitro groups is 1. The van der Waals surface area contributed by atoms with Crippen LogP contribution in [0.4, 0.5) is 5.69 Å². The Morgan fingerprint density at radius 3 is 2.50 bits per heavy atom. The first-order valence-electron chi connectivity index (χ1n) is 9.13. The fourth-order valence-corrected chi connectivity index (χ4v) is 2.86. The van der Waals surface area contributed by atoms with Crippen molar-refractivity contribution in [2.75, 3.05) is 0 Å². The fourth-order valence-electron chi connectivity index (χ4n) is 2.86. The van der Waals surface area contributed by atoms with Crippen molar-refractivity contribution in [3.8, 4) is 5.75 Å². The maximum absolute atomic E-state index is 12.1. The van der Waals surface area contributed by atoms with Crippen molar-refractivity contribution in [2.24, 2.45) is 4.99 Å². The van der Waals surface area contributed by atoms with Gasteiger partial charge in [-0.25, -0.2) is 9.79 Å². The van der Waals surface area contributed by atoms with Gasteiger partial charge in [-0.05, 0) is 41.5 Å². The molecule has 1 aliphatic rings. The molecule has 0 N–H and O–H groups in total. The molecule has 0 bridgehead atoms. The summed E-state index contributed by atoms with van der Waals surface area (Å²) in [6.45, 7) is 0.208. The maximum atomic E-state index is 12.1. The van der Waals surface area contributed by atoms with Crippen LogP contribution in [0.5, 0.6) is 5.75 Å². The molecule has 3 aromatic carbocycles. The highest BCUT2D eigenvalue weighted by Gasteiger charge is 2.23. The molecule has 4 rings (SSSR count). The molecule has 0 amide bonds. The highest BCUT2D eigenvalue weighted by Crippen LogP contribution is 2.21. The lowest BCUT2D eigenvalue weighted by Gasteiger charge is -2.06. The minimum absolute atomic E-state index is 0.0250. The molecule has 7 nitrogen and oxygen atoms in total. The van der Waals surface area contributed by atoms with Crippen LogP contribution in [0, 0.1) is 10.1 Å². The Bertz CT molecular complexity index is 1150. The number of benzene rings is 3. The summed E-state index contributed by atoms with van der Waals surface area (Å²) in [5, 5.41) is 10.8. The highest BCUT2D eigenvalue weighted by molar-refractivity contribution is 6.12. The molecule has 0 saturated heterocycles. The van der Waals surface area contributed by atoms with Crippen LogP contribution in [0.25, 0.3) is 6.08 Å². The van der Waals surface area contributed by atoms with Crippen LogP contribution in [0.3, 0.4) is 0 Å². The van der Waals surface area contributed by atoms with E-state index in [1.807, 2.05) is 30.3 Å². The standard InChI is InChI=1S/C23H16N2O5/c26-23-21(24-22(30-23)18-6-2-1-3-7-18)14-16-9-11-20(12-10-16)29-15-17-5-4-8-19(13-17)25(27)28/h1-14H,15H2/b21-14+. The molecule has 0 saturated carbocycles. The first-order valence-corrected chi connectivity index (χ1v) is 9.13. The van der Waals surface area contributed by atoms with E-state index in [0.29, 0.717) is 11.3 Å². The number of hydrogen-bond donors (Lipinski definition) is 0. The molecule has 0 unspecified atom stereocenters. The van der Waals surface area contributed by atoms with Crippen molar-refractivity contribution in [3.63, 3.8) is 0 Å². The molecule has 0 fully saturated rings. The van der Waals surface area contributed by atoms with Crippen LogP contribution >= 0.6 is 0 Å². The van der Waals surface area contributed by atoms with E-state index in [4.69, 9.17) is 9.47 Å². The van der Waals surface area contributed by atoms with Gasteiger partial charge >= 0.3 is 5.97 Å². The number of rotatable bonds is 6. The van der Waals surface area contributed by atoms with Crippen molar-refractivity contribution < 1.29 is 19.2 Å². The zero-order valence-electron chi connectivity index (χ0n) is 15.7. The number of esters is 1. The van der Waals surface area contributed by atoms with Gasteiger partial charge in [-0.3, -0.25) is 10.1 Å². The van der Waals surface area contributed by atoms with Crippen molar-refractivity contribution in [2.45, 2.75) is 6.61 Å². The monoisotopic (exact) mass is 400 g/mol. The zero-order chi connectivity index (χ0) is 20.9. The smallest absolute Gasteiger partial charge is 0.363 e. The first kappa shape index (κ1) is 19.1. The quantitative estimate of drug-likeness (QED) is 0.263. The normalized spacial score (nSPS) is 14.3. The highest BCUT2D eigenvalue weighted by atomic mass is 16.6. The van der Waals surface area contributed by atoms with Crippen molar-refractivity contribution in [1.29, 1.82) is 0 Å². The lowest BCUT2D eigenvalue weighted by atomic mass is 10.2. The molecule has 3 aromatic rings. The van der Waals surface area contributed by atoms with E-state index >= 15 is 0 Å². The molecule has 0 radical (unpaired) electrons. The summed E-state index contributed by atoms with van der Waals surface area (Å²) in [6.07, 6.45) is 1.64. The first-order chi connectivity index (χ1) is 14.6. The third-order valence-corrected chi connectivity index (χ3v) is 4.35. The zero-order valence-corrected chi connectivity index (χ0v) is 15.7.